The van der Waals surface area contributed by atoms with E-state index in [-0.39, 0.29) is 36.8 Å². The minimum Gasteiger partial charge on any atom is -0.351 e. The van der Waals surface area contributed by atoms with E-state index in [4.69, 9.17) is 0 Å². The lowest BCUT2D eigenvalue weighted by Crippen LogP contribution is -2.64. The summed E-state index contributed by atoms with van der Waals surface area (Å²) in [6.07, 6.45) is 5.29. The minimum atomic E-state index is -1.15. The van der Waals surface area contributed by atoms with Crippen LogP contribution in [-0.4, -0.2) is 38.1 Å². The number of hydrogen-bond acceptors (Lipinski definition) is 4. The van der Waals surface area contributed by atoms with Gasteiger partial charge in [-0.2, -0.15) is 5.10 Å². The van der Waals surface area contributed by atoms with Crippen LogP contribution in [0.5, 0.6) is 0 Å². The maximum absolute atomic E-state index is 13.9. The van der Waals surface area contributed by atoms with Crippen molar-refractivity contribution in [2.75, 3.05) is 0 Å². The molecular weight excluding hydrogens is 439 g/mol. The SMILES string of the molecule is CC1(C(=O)NC2CCCCC2)Cn2nc(-c3cccs3)cc2C(=O)N1Cc1cccc(F)c1. The molecule has 2 aliphatic rings. The molecule has 2 aromatic heterocycles. The quantitative estimate of drug-likeness (QED) is 0.597. The minimum absolute atomic E-state index is 0.120. The van der Waals surface area contributed by atoms with Gasteiger partial charge in [0.2, 0.25) is 5.91 Å². The third-order valence-electron chi connectivity index (χ3n) is 6.73. The van der Waals surface area contributed by atoms with Crippen molar-refractivity contribution in [3.05, 3.63) is 64.9 Å². The zero-order valence-corrected chi connectivity index (χ0v) is 19.4. The fourth-order valence-corrected chi connectivity index (χ4v) is 5.52. The van der Waals surface area contributed by atoms with E-state index >= 15 is 0 Å². The summed E-state index contributed by atoms with van der Waals surface area (Å²) in [6.45, 7) is 2.18. The Kier molecular flexibility index (Phi) is 5.78. The van der Waals surface area contributed by atoms with Gasteiger partial charge in [-0.05, 0) is 55.0 Å². The summed E-state index contributed by atoms with van der Waals surface area (Å²) >= 11 is 1.55. The number of carbonyl (C=O) groups is 2. The second kappa shape index (κ2) is 8.74. The molecule has 1 N–H and O–H groups in total. The predicted molar refractivity (Wildman–Crippen MR) is 125 cm³/mol. The monoisotopic (exact) mass is 466 g/mol. The summed E-state index contributed by atoms with van der Waals surface area (Å²) < 4.78 is 15.5. The van der Waals surface area contributed by atoms with Crippen LogP contribution in [0.2, 0.25) is 0 Å². The number of rotatable bonds is 5. The Morgan fingerprint density at radius 2 is 2.03 bits per heavy atom. The molecule has 2 amide bonds. The average molecular weight is 467 g/mol. The number of fused-ring (bicyclic) bond motifs is 1. The van der Waals surface area contributed by atoms with Gasteiger partial charge in [-0.1, -0.05) is 37.5 Å². The second-order valence-corrected chi connectivity index (χ2v) is 10.1. The number of thiophene rings is 1. The van der Waals surface area contributed by atoms with Crippen molar-refractivity contribution in [3.8, 4) is 10.6 Å². The fourth-order valence-electron chi connectivity index (χ4n) is 4.84. The predicted octanol–water partition coefficient (Wildman–Crippen LogP) is 4.61. The van der Waals surface area contributed by atoms with E-state index < -0.39 is 5.54 Å². The highest BCUT2D eigenvalue weighted by molar-refractivity contribution is 7.13. The van der Waals surface area contributed by atoms with E-state index in [0.29, 0.717) is 11.3 Å². The molecule has 1 atom stereocenters. The van der Waals surface area contributed by atoms with Crippen LogP contribution >= 0.6 is 11.3 Å². The zero-order valence-electron chi connectivity index (χ0n) is 18.6. The van der Waals surface area contributed by atoms with Crippen molar-refractivity contribution in [1.29, 1.82) is 0 Å². The van der Waals surface area contributed by atoms with Crippen molar-refractivity contribution in [2.45, 2.75) is 63.7 Å². The van der Waals surface area contributed by atoms with Gasteiger partial charge >= 0.3 is 0 Å². The van der Waals surface area contributed by atoms with E-state index in [2.05, 4.69) is 10.4 Å². The molecule has 1 fully saturated rings. The largest absolute Gasteiger partial charge is 0.351 e. The number of halogens is 1. The van der Waals surface area contributed by atoms with E-state index in [1.807, 2.05) is 17.5 Å². The zero-order chi connectivity index (χ0) is 23.0. The first-order valence-electron chi connectivity index (χ1n) is 11.4. The van der Waals surface area contributed by atoms with Crippen molar-refractivity contribution in [2.24, 2.45) is 0 Å². The molecular formula is C25H27FN4O2S. The van der Waals surface area contributed by atoms with Gasteiger partial charge in [0, 0.05) is 12.6 Å². The molecule has 0 spiro atoms. The van der Waals surface area contributed by atoms with Gasteiger partial charge in [0.1, 0.15) is 22.7 Å². The maximum atomic E-state index is 13.9. The molecule has 3 heterocycles. The first-order valence-corrected chi connectivity index (χ1v) is 12.3. The average Bonchev–Trinajstić information content (AvgIpc) is 3.47. The Bertz CT molecular complexity index is 1170. The highest BCUT2D eigenvalue weighted by Crippen LogP contribution is 2.33. The lowest BCUT2D eigenvalue weighted by molar-refractivity contribution is -0.134. The van der Waals surface area contributed by atoms with Gasteiger partial charge in [0.25, 0.3) is 5.91 Å². The second-order valence-electron chi connectivity index (χ2n) is 9.15. The highest BCUT2D eigenvalue weighted by atomic mass is 32.1. The van der Waals surface area contributed by atoms with Crippen molar-refractivity contribution >= 4 is 23.2 Å². The van der Waals surface area contributed by atoms with E-state index in [1.165, 1.54) is 18.6 Å². The van der Waals surface area contributed by atoms with Crippen LogP contribution in [0.1, 0.15) is 55.1 Å². The number of carbonyl (C=O) groups excluding carboxylic acids is 2. The van der Waals surface area contributed by atoms with Crippen molar-refractivity contribution in [1.82, 2.24) is 20.0 Å². The van der Waals surface area contributed by atoms with Gasteiger partial charge in [-0.3, -0.25) is 14.3 Å². The first-order chi connectivity index (χ1) is 15.9. The molecule has 1 saturated carbocycles. The Hall–Kier alpha value is -3.00. The molecule has 0 saturated heterocycles. The third-order valence-corrected chi connectivity index (χ3v) is 7.62. The van der Waals surface area contributed by atoms with Crippen LogP contribution in [-0.2, 0) is 17.9 Å². The normalized spacial score (nSPS) is 21.2. The number of aromatic nitrogens is 2. The number of nitrogens with zero attached hydrogens (tertiary/aromatic N) is 3. The smallest absolute Gasteiger partial charge is 0.273 e. The van der Waals surface area contributed by atoms with E-state index in [1.54, 1.807) is 46.0 Å². The molecule has 33 heavy (non-hydrogen) atoms. The van der Waals surface area contributed by atoms with Crippen molar-refractivity contribution in [3.63, 3.8) is 0 Å². The summed E-state index contributed by atoms with van der Waals surface area (Å²) in [5.74, 6) is -0.824. The Balaban J connectivity index is 1.51. The van der Waals surface area contributed by atoms with Crippen LogP contribution in [0.15, 0.2) is 47.8 Å². The number of nitrogens with one attached hydrogen (secondary N) is 1. The van der Waals surface area contributed by atoms with Gasteiger partial charge < -0.3 is 10.2 Å². The topological polar surface area (TPSA) is 67.2 Å². The molecule has 1 aliphatic carbocycles. The summed E-state index contributed by atoms with van der Waals surface area (Å²) in [5, 5.41) is 9.83. The fraction of sp³-hybridized carbons (Fsp3) is 0.400. The van der Waals surface area contributed by atoms with Crippen LogP contribution < -0.4 is 5.32 Å². The van der Waals surface area contributed by atoms with Gasteiger partial charge in [-0.15, -0.1) is 11.3 Å². The highest BCUT2D eigenvalue weighted by Gasteiger charge is 2.48. The third kappa shape index (κ3) is 4.19. The van der Waals surface area contributed by atoms with Gasteiger partial charge in [-0.25, -0.2) is 4.39 Å². The molecule has 172 valence electrons. The molecule has 5 rings (SSSR count). The summed E-state index contributed by atoms with van der Waals surface area (Å²) in [6, 6.07) is 12.0. The number of benzene rings is 1. The molecule has 0 radical (unpaired) electrons. The van der Waals surface area contributed by atoms with Gasteiger partial charge in [0.05, 0.1) is 11.4 Å². The Morgan fingerprint density at radius 1 is 1.21 bits per heavy atom. The van der Waals surface area contributed by atoms with Crippen LogP contribution in [0.25, 0.3) is 10.6 Å². The van der Waals surface area contributed by atoms with Crippen LogP contribution in [0.3, 0.4) is 0 Å². The first kappa shape index (κ1) is 21.8. The number of hydrogen-bond donors (Lipinski definition) is 1. The van der Waals surface area contributed by atoms with Gasteiger partial charge in [0.15, 0.2) is 0 Å². The van der Waals surface area contributed by atoms with Crippen molar-refractivity contribution < 1.29 is 14.0 Å². The molecule has 8 heteroatoms. The molecule has 1 unspecified atom stereocenters. The molecule has 0 bridgehead atoms. The lowest BCUT2D eigenvalue weighted by atomic mass is 9.91. The standard InChI is InChI=1S/C25H27FN4O2S/c1-25(24(32)27-19-9-3-2-4-10-19)16-30-21(14-20(28-30)22-11-6-12-33-22)23(31)29(25)15-17-7-5-8-18(26)13-17/h5-8,11-14,19H,2-4,9-10,15-16H2,1H3,(H,27,32). The van der Waals surface area contributed by atoms with Crippen LogP contribution in [0.4, 0.5) is 4.39 Å². The number of amides is 2. The summed E-state index contributed by atoms with van der Waals surface area (Å²) in [7, 11) is 0. The Morgan fingerprint density at radius 3 is 2.76 bits per heavy atom. The molecule has 3 aromatic rings. The van der Waals surface area contributed by atoms with E-state index in [9.17, 15) is 14.0 Å². The lowest BCUT2D eigenvalue weighted by Gasteiger charge is -2.44. The Labute approximate surface area is 196 Å². The molecule has 6 nitrogen and oxygen atoms in total. The van der Waals surface area contributed by atoms with Crippen LogP contribution in [0, 0.1) is 5.82 Å². The molecule has 1 aromatic carbocycles. The van der Waals surface area contributed by atoms with E-state index in [0.717, 1.165) is 36.3 Å². The maximum Gasteiger partial charge on any atom is 0.273 e. The summed E-state index contributed by atoms with van der Waals surface area (Å²) in [4.78, 5) is 29.9. The summed E-state index contributed by atoms with van der Waals surface area (Å²) in [5.41, 5.74) is 0.660. The molecule has 1 aliphatic heterocycles.